The zero-order valence-electron chi connectivity index (χ0n) is 17.4. The van der Waals surface area contributed by atoms with Gasteiger partial charge in [-0.15, -0.1) is 0 Å². The Hall–Kier alpha value is -3.95. The van der Waals surface area contributed by atoms with Crippen LogP contribution in [0.3, 0.4) is 0 Å². The Morgan fingerprint density at radius 3 is 2.66 bits per heavy atom. The highest BCUT2D eigenvalue weighted by atomic mass is 16.6. The van der Waals surface area contributed by atoms with E-state index in [9.17, 15) is 19.7 Å². The van der Waals surface area contributed by atoms with Crippen molar-refractivity contribution in [2.75, 3.05) is 0 Å². The number of ketones is 1. The van der Waals surface area contributed by atoms with Crippen LogP contribution in [0.1, 0.15) is 53.5 Å². The highest BCUT2D eigenvalue weighted by molar-refractivity contribution is 5.90. The maximum Gasteiger partial charge on any atom is 0.293 e. The first-order chi connectivity index (χ1) is 15.5. The Bertz CT molecular complexity index is 1070. The van der Waals surface area contributed by atoms with Gasteiger partial charge in [0.15, 0.2) is 0 Å². The first kappa shape index (κ1) is 22.7. The number of nitrogens with zero attached hydrogens (tertiary/aromatic N) is 4. The number of rotatable bonds is 12. The molecule has 1 amide bonds. The third-order valence-corrected chi connectivity index (χ3v) is 4.75. The molecular weight excluding hydrogens is 414 g/mol. The van der Waals surface area contributed by atoms with Crippen LogP contribution in [0.15, 0.2) is 53.2 Å². The summed E-state index contributed by atoms with van der Waals surface area (Å²) in [6, 6.07) is 11.7. The number of nitro benzene ring substituents is 1. The van der Waals surface area contributed by atoms with Crippen LogP contribution >= 0.6 is 0 Å². The molecule has 0 fully saturated rings. The number of hydrogen-bond acceptors (Lipinski definition) is 8. The highest BCUT2D eigenvalue weighted by Gasteiger charge is 2.16. The topological polar surface area (TPSA) is 141 Å². The number of carbonyl (C=O) groups excluding carboxylic acids is 2. The lowest BCUT2D eigenvalue weighted by Crippen LogP contribution is -2.24. The molecule has 0 saturated heterocycles. The largest absolute Gasteiger partial charge is 0.344 e. The predicted octanol–water partition coefficient (Wildman–Crippen LogP) is 3.22. The van der Waals surface area contributed by atoms with E-state index >= 15 is 0 Å². The molecule has 2 heterocycles. The Kier molecular flexibility index (Phi) is 8.13. The molecule has 0 aliphatic rings. The maximum absolute atomic E-state index is 12.2. The zero-order valence-corrected chi connectivity index (χ0v) is 17.4. The fraction of sp³-hybridized carbons (Fsp3) is 0.318. The third kappa shape index (κ3) is 6.79. The number of benzene rings is 1. The fourth-order valence-electron chi connectivity index (χ4n) is 3.12. The van der Waals surface area contributed by atoms with Gasteiger partial charge in [0.25, 0.3) is 17.4 Å². The van der Waals surface area contributed by atoms with E-state index in [0.29, 0.717) is 30.7 Å². The first-order valence-corrected chi connectivity index (χ1v) is 10.3. The molecule has 10 heteroatoms. The number of carbonyl (C=O) groups is 2. The Morgan fingerprint density at radius 2 is 1.88 bits per heavy atom. The number of aromatic nitrogens is 3. The molecule has 0 aliphatic heterocycles. The molecule has 0 aliphatic carbocycles. The van der Waals surface area contributed by atoms with Crippen molar-refractivity contribution in [3.63, 3.8) is 0 Å². The Balaban J connectivity index is 1.35. The number of nitrogens with one attached hydrogen (secondary N) is 1. The minimum atomic E-state index is -0.472. The van der Waals surface area contributed by atoms with E-state index in [4.69, 9.17) is 4.52 Å². The average Bonchev–Trinajstić information content (AvgIpc) is 3.27. The highest BCUT2D eigenvalue weighted by Crippen LogP contribution is 2.19. The number of amides is 1. The molecule has 0 radical (unpaired) electrons. The number of hydrogen-bond donors (Lipinski definition) is 1. The second-order valence-electron chi connectivity index (χ2n) is 7.18. The van der Waals surface area contributed by atoms with Gasteiger partial charge in [-0.05, 0) is 25.0 Å². The molecule has 0 unspecified atom stereocenters. The van der Waals surface area contributed by atoms with Crippen LogP contribution in [-0.4, -0.2) is 31.7 Å². The molecule has 3 rings (SSSR count). The molecule has 10 nitrogen and oxygen atoms in total. The first-order valence-electron chi connectivity index (χ1n) is 10.3. The molecule has 2 aromatic heterocycles. The summed E-state index contributed by atoms with van der Waals surface area (Å²) in [6.07, 6.45) is 4.67. The van der Waals surface area contributed by atoms with Gasteiger partial charge in [-0.3, -0.25) is 24.7 Å². The van der Waals surface area contributed by atoms with Crippen LogP contribution in [0.2, 0.25) is 0 Å². The predicted molar refractivity (Wildman–Crippen MR) is 114 cm³/mol. The summed E-state index contributed by atoms with van der Waals surface area (Å²) in [5.41, 5.74) is 1.13. The van der Waals surface area contributed by atoms with Crippen molar-refractivity contribution in [2.45, 2.75) is 45.1 Å². The molecular formula is C22H23N5O5. The van der Waals surface area contributed by atoms with Gasteiger partial charge in [-0.1, -0.05) is 35.8 Å². The van der Waals surface area contributed by atoms with E-state index in [0.717, 1.165) is 18.5 Å². The molecule has 1 N–H and O–H groups in total. The van der Waals surface area contributed by atoms with Crippen LogP contribution in [0.25, 0.3) is 0 Å². The fourth-order valence-corrected chi connectivity index (χ4v) is 3.12. The second-order valence-corrected chi connectivity index (χ2v) is 7.18. The van der Waals surface area contributed by atoms with Crippen LogP contribution in [-0.2, 0) is 24.2 Å². The lowest BCUT2D eigenvalue weighted by Gasteiger charge is -2.03. The Labute approximate surface area is 184 Å². The van der Waals surface area contributed by atoms with Crippen LogP contribution in [0.4, 0.5) is 5.69 Å². The summed E-state index contributed by atoms with van der Waals surface area (Å²) in [5, 5.41) is 17.4. The van der Waals surface area contributed by atoms with Gasteiger partial charge in [0, 0.05) is 37.1 Å². The van der Waals surface area contributed by atoms with Crippen molar-refractivity contribution in [2.24, 2.45) is 0 Å². The van der Waals surface area contributed by atoms with E-state index in [1.54, 1.807) is 36.5 Å². The average molecular weight is 437 g/mol. The summed E-state index contributed by atoms with van der Waals surface area (Å²) in [4.78, 5) is 43.0. The van der Waals surface area contributed by atoms with Gasteiger partial charge in [0.1, 0.15) is 5.78 Å². The smallest absolute Gasteiger partial charge is 0.293 e. The molecule has 3 aromatic rings. The molecule has 32 heavy (non-hydrogen) atoms. The van der Waals surface area contributed by atoms with Crippen LogP contribution in [0.5, 0.6) is 0 Å². The lowest BCUT2D eigenvalue weighted by molar-refractivity contribution is -0.385. The van der Waals surface area contributed by atoms with Crippen molar-refractivity contribution < 1.29 is 19.0 Å². The number of nitro groups is 1. The van der Waals surface area contributed by atoms with Gasteiger partial charge < -0.3 is 9.84 Å². The summed E-state index contributed by atoms with van der Waals surface area (Å²) < 4.78 is 5.11. The molecule has 1 aromatic carbocycles. The van der Waals surface area contributed by atoms with Crippen molar-refractivity contribution in [3.05, 3.63) is 81.7 Å². The van der Waals surface area contributed by atoms with Gasteiger partial charge in [0.05, 0.1) is 17.2 Å². The quantitative estimate of drug-likeness (QED) is 0.259. The van der Waals surface area contributed by atoms with Crippen molar-refractivity contribution in [1.29, 1.82) is 0 Å². The minimum Gasteiger partial charge on any atom is -0.344 e. The zero-order chi connectivity index (χ0) is 22.8. The number of Topliss-reactive ketones (excluding diaryl/α,β-unsaturated/α-hetero) is 1. The van der Waals surface area contributed by atoms with E-state index < -0.39 is 10.8 Å². The SMILES string of the molecule is O=C(CCCCCc1nc(C(=O)NCc2ccccn2)no1)Cc1ccccc1[N+](=O)[O-]. The van der Waals surface area contributed by atoms with E-state index in [1.165, 1.54) is 6.07 Å². The summed E-state index contributed by atoms with van der Waals surface area (Å²) >= 11 is 0. The normalized spacial score (nSPS) is 10.6. The van der Waals surface area contributed by atoms with Gasteiger partial charge in [0.2, 0.25) is 5.89 Å². The number of para-hydroxylation sites is 1. The second kappa shape index (κ2) is 11.4. The van der Waals surface area contributed by atoms with Crippen molar-refractivity contribution in [3.8, 4) is 0 Å². The lowest BCUT2D eigenvalue weighted by atomic mass is 10.0. The summed E-state index contributed by atoms with van der Waals surface area (Å²) in [7, 11) is 0. The molecule has 166 valence electrons. The monoisotopic (exact) mass is 437 g/mol. The summed E-state index contributed by atoms with van der Waals surface area (Å²) in [5.74, 6) is -0.148. The third-order valence-electron chi connectivity index (χ3n) is 4.75. The van der Waals surface area contributed by atoms with Crippen LogP contribution < -0.4 is 5.32 Å². The van der Waals surface area contributed by atoms with Crippen molar-refractivity contribution in [1.82, 2.24) is 20.4 Å². The van der Waals surface area contributed by atoms with E-state index in [-0.39, 0.29) is 30.3 Å². The van der Waals surface area contributed by atoms with E-state index in [1.807, 2.05) is 6.07 Å². The maximum atomic E-state index is 12.2. The number of aryl methyl sites for hydroxylation is 1. The number of pyridine rings is 1. The Morgan fingerprint density at radius 1 is 1.06 bits per heavy atom. The van der Waals surface area contributed by atoms with Gasteiger partial charge in [-0.25, -0.2) is 0 Å². The van der Waals surface area contributed by atoms with Crippen LogP contribution in [0, 0.1) is 10.1 Å². The number of unbranched alkanes of at least 4 members (excludes halogenated alkanes) is 2. The summed E-state index contributed by atoms with van der Waals surface area (Å²) in [6.45, 7) is 0.268. The molecule has 0 spiro atoms. The molecule has 0 atom stereocenters. The standard InChI is InChI=1S/C22H23N5O5/c28-18(14-16-8-4-5-11-19(16)27(30)31)10-2-1-3-12-20-25-21(26-32-20)22(29)24-15-17-9-6-7-13-23-17/h4-9,11,13H,1-3,10,12,14-15H2,(H,24,29). The molecule has 0 bridgehead atoms. The van der Waals surface area contributed by atoms with Gasteiger partial charge in [-0.2, -0.15) is 4.98 Å². The van der Waals surface area contributed by atoms with Crippen molar-refractivity contribution >= 4 is 17.4 Å². The van der Waals surface area contributed by atoms with Gasteiger partial charge >= 0.3 is 0 Å². The molecule has 0 saturated carbocycles. The minimum absolute atomic E-state index is 0.0304. The van der Waals surface area contributed by atoms with E-state index in [2.05, 4.69) is 20.4 Å².